The van der Waals surface area contributed by atoms with Gasteiger partial charge < -0.3 is 15.5 Å². The first-order chi connectivity index (χ1) is 5.74. The van der Waals surface area contributed by atoms with Crippen molar-refractivity contribution in [1.29, 1.82) is 0 Å². The fraction of sp³-hybridized carbons (Fsp3) is 0.375. The summed E-state index contributed by atoms with van der Waals surface area (Å²) in [6.07, 6.45) is 1.63. The van der Waals surface area contributed by atoms with Crippen LogP contribution in [0.3, 0.4) is 0 Å². The topological polar surface area (TPSA) is 63.5 Å². The Morgan fingerprint density at radius 2 is 2.50 bits per heavy atom. The van der Waals surface area contributed by atoms with Crippen molar-refractivity contribution in [3.8, 4) is 0 Å². The molecular weight excluding hydrogens is 154 g/mol. The van der Waals surface area contributed by atoms with Crippen LogP contribution in [0.1, 0.15) is 18.7 Å². The van der Waals surface area contributed by atoms with Crippen molar-refractivity contribution in [3.63, 3.8) is 0 Å². The average molecular weight is 167 g/mol. The molecule has 0 unspecified atom stereocenters. The summed E-state index contributed by atoms with van der Waals surface area (Å²) < 4.78 is 5.17. The Kier molecular flexibility index (Phi) is 2.74. The lowest BCUT2D eigenvalue weighted by Gasteiger charge is -2.10. The predicted molar refractivity (Wildman–Crippen MR) is 47.8 cm³/mol. The van der Waals surface area contributed by atoms with Crippen LogP contribution in [0.2, 0.25) is 0 Å². The first-order valence-electron chi connectivity index (χ1n) is 3.76. The molecule has 1 aromatic rings. The molecule has 66 valence electrons. The van der Waals surface area contributed by atoms with Crippen LogP contribution in [0.4, 0.5) is 0 Å². The highest BCUT2D eigenvalue weighted by Gasteiger charge is 2.07. The van der Waals surface area contributed by atoms with E-state index in [2.05, 4.69) is 10.3 Å². The number of rotatable bonds is 2. The molecule has 0 aliphatic heterocycles. The highest BCUT2D eigenvalue weighted by molar-refractivity contribution is 5.77. The van der Waals surface area contributed by atoms with Crippen molar-refractivity contribution in [2.45, 2.75) is 13.0 Å². The number of aliphatic imine (C=N–C) groups is 1. The lowest BCUT2D eigenvalue weighted by atomic mass is 10.2. The molecule has 0 aliphatic carbocycles. The van der Waals surface area contributed by atoms with Gasteiger partial charge in [0, 0.05) is 7.05 Å². The number of nitrogens with one attached hydrogen (secondary N) is 1. The Hall–Kier alpha value is -1.45. The molecule has 0 saturated carbocycles. The van der Waals surface area contributed by atoms with Gasteiger partial charge in [-0.25, -0.2) is 0 Å². The second-order valence-corrected chi connectivity index (χ2v) is 2.49. The van der Waals surface area contributed by atoms with Gasteiger partial charge in [0.25, 0.3) is 0 Å². The van der Waals surface area contributed by atoms with E-state index in [4.69, 9.17) is 10.2 Å². The molecule has 0 aliphatic rings. The maximum absolute atomic E-state index is 5.48. The molecule has 1 aromatic heterocycles. The van der Waals surface area contributed by atoms with E-state index in [-0.39, 0.29) is 6.04 Å². The second-order valence-electron chi connectivity index (χ2n) is 2.49. The molecule has 1 heterocycles. The van der Waals surface area contributed by atoms with Crippen molar-refractivity contribution in [2.24, 2.45) is 10.7 Å². The van der Waals surface area contributed by atoms with Gasteiger partial charge in [-0.05, 0) is 19.1 Å². The van der Waals surface area contributed by atoms with Gasteiger partial charge >= 0.3 is 0 Å². The van der Waals surface area contributed by atoms with Crippen LogP contribution in [0.15, 0.2) is 27.8 Å². The van der Waals surface area contributed by atoms with E-state index in [1.807, 2.05) is 19.1 Å². The van der Waals surface area contributed by atoms with Crippen LogP contribution in [0, 0.1) is 0 Å². The number of hydrogen-bond donors (Lipinski definition) is 2. The summed E-state index contributed by atoms with van der Waals surface area (Å²) >= 11 is 0. The van der Waals surface area contributed by atoms with E-state index in [1.54, 1.807) is 13.3 Å². The first kappa shape index (κ1) is 8.64. The lowest BCUT2D eigenvalue weighted by molar-refractivity contribution is 0.462. The molecule has 1 rings (SSSR count). The minimum absolute atomic E-state index is 0.0590. The molecule has 0 aromatic carbocycles. The van der Waals surface area contributed by atoms with Crippen LogP contribution in [-0.2, 0) is 0 Å². The largest absolute Gasteiger partial charge is 0.467 e. The van der Waals surface area contributed by atoms with Crippen LogP contribution in [0.25, 0.3) is 0 Å². The summed E-state index contributed by atoms with van der Waals surface area (Å²) in [5.74, 6) is 1.26. The molecule has 0 fully saturated rings. The zero-order chi connectivity index (χ0) is 8.97. The maximum Gasteiger partial charge on any atom is 0.188 e. The van der Waals surface area contributed by atoms with Crippen molar-refractivity contribution in [1.82, 2.24) is 5.32 Å². The van der Waals surface area contributed by atoms with E-state index in [0.717, 1.165) is 5.76 Å². The highest BCUT2D eigenvalue weighted by Crippen LogP contribution is 2.11. The summed E-state index contributed by atoms with van der Waals surface area (Å²) in [7, 11) is 1.64. The average Bonchev–Trinajstić information content (AvgIpc) is 2.56. The molecule has 0 amide bonds. The molecule has 0 saturated heterocycles. The molecule has 1 atom stereocenters. The highest BCUT2D eigenvalue weighted by atomic mass is 16.3. The smallest absolute Gasteiger partial charge is 0.188 e. The molecule has 12 heavy (non-hydrogen) atoms. The second kappa shape index (κ2) is 3.80. The third-order valence-corrected chi connectivity index (χ3v) is 1.58. The third kappa shape index (κ3) is 2.02. The van der Waals surface area contributed by atoms with Gasteiger partial charge in [0.1, 0.15) is 5.76 Å². The van der Waals surface area contributed by atoms with Gasteiger partial charge in [0.15, 0.2) is 5.96 Å². The SMILES string of the molecule is CN=C(N)N[C@H](C)c1ccco1. The zero-order valence-electron chi connectivity index (χ0n) is 7.24. The number of guanidine groups is 1. The fourth-order valence-corrected chi connectivity index (χ4v) is 0.895. The summed E-state index contributed by atoms with van der Waals surface area (Å²) in [4.78, 5) is 3.78. The number of nitrogens with zero attached hydrogens (tertiary/aromatic N) is 1. The Morgan fingerprint density at radius 1 is 1.75 bits per heavy atom. The molecule has 0 bridgehead atoms. The predicted octanol–water partition coefficient (Wildman–Crippen LogP) is 0.875. The fourth-order valence-electron chi connectivity index (χ4n) is 0.895. The molecule has 0 radical (unpaired) electrons. The van der Waals surface area contributed by atoms with Gasteiger partial charge in [-0.2, -0.15) is 0 Å². The molecule has 0 spiro atoms. The summed E-state index contributed by atoms with van der Waals surface area (Å²) in [5, 5.41) is 2.97. The van der Waals surface area contributed by atoms with Crippen LogP contribution in [-0.4, -0.2) is 13.0 Å². The summed E-state index contributed by atoms with van der Waals surface area (Å²) in [6.45, 7) is 1.96. The Labute approximate surface area is 71.5 Å². The zero-order valence-corrected chi connectivity index (χ0v) is 7.24. The number of nitrogens with two attached hydrogens (primary N) is 1. The van der Waals surface area contributed by atoms with Gasteiger partial charge in [0.2, 0.25) is 0 Å². The van der Waals surface area contributed by atoms with Gasteiger partial charge in [-0.15, -0.1) is 0 Å². The first-order valence-corrected chi connectivity index (χ1v) is 3.76. The van der Waals surface area contributed by atoms with E-state index < -0.39 is 0 Å². The van der Waals surface area contributed by atoms with Crippen molar-refractivity contribution in [3.05, 3.63) is 24.2 Å². The molecule has 3 N–H and O–H groups in total. The summed E-state index contributed by atoms with van der Waals surface area (Å²) in [6, 6.07) is 3.79. The monoisotopic (exact) mass is 167 g/mol. The quantitative estimate of drug-likeness (QED) is 0.507. The van der Waals surface area contributed by atoms with E-state index in [9.17, 15) is 0 Å². The Balaban J connectivity index is 2.55. The lowest BCUT2D eigenvalue weighted by Crippen LogP contribution is -2.33. The van der Waals surface area contributed by atoms with E-state index >= 15 is 0 Å². The van der Waals surface area contributed by atoms with E-state index in [0.29, 0.717) is 5.96 Å². The Bertz CT molecular complexity index is 253. The summed E-state index contributed by atoms with van der Waals surface area (Å²) in [5.41, 5.74) is 5.48. The molecule has 4 heteroatoms. The van der Waals surface area contributed by atoms with Crippen LogP contribution in [0.5, 0.6) is 0 Å². The standard InChI is InChI=1S/C8H13N3O/c1-6(11-8(9)10-2)7-4-3-5-12-7/h3-6H,1-2H3,(H3,9,10,11)/t6-/m1/s1. The van der Waals surface area contributed by atoms with Crippen LogP contribution >= 0.6 is 0 Å². The molecular formula is C8H13N3O. The third-order valence-electron chi connectivity index (χ3n) is 1.58. The van der Waals surface area contributed by atoms with Crippen LogP contribution < -0.4 is 11.1 Å². The van der Waals surface area contributed by atoms with Crippen molar-refractivity contribution >= 4 is 5.96 Å². The van der Waals surface area contributed by atoms with E-state index in [1.165, 1.54) is 0 Å². The van der Waals surface area contributed by atoms with Gasteiger partial charge in [-0.3, -0.25) is 4.99 Å². The van der Waals surface area contributed by atoms with Gasteiger partial charge in [0.05, 0.1) is 12.3 Å². The Morgan fingerprint density at radius 3 is 3.00 bits per heavy atom. The minimum atomic E-state index is 0.0590. The van der Waals surface area contributed by atoms with Crippen molar-refractivity contribution < 1.29 is 4.42 Å². The van der Waals surface area contributed by atoms with Gasteiger partial charge in [-0.1, -0.05) is 0 Å². The minimum Gasteiger partial charge on any atom is -0.467 e. The number of furan rings is 1. The maximum atomic E-state index is 5.48. The normalized spacial score (nSPS) is 14.3. The molecule has 4 nitrogen and oxygen atoms in total. The van der Waals surface area contributed by atoms with Crippen molar-refractivity contribution in [2.75, 3.05) is 7.05 Å². The number of hydrogen-bond acceptors (Lipinski definition) is 2.